The van der Waals surface area contributed by atoms with Crippen molar-refractivity contribution < 1.29 is 9.53 Å². The molecule has 6 heteroatoms. The molecule has 0 aliphatic carbocycles. The Morgan fingerprint density at radius 3 is 2.75 bits per heavy atom. The van der Waals surface area contributed by atoms with Gasteiger partial charge in [0.25, 0.3) is 0 Å². The van der Waals surface area contributed by atoms with Gasteiger partial charge < -0.3 is 21.1 Å². The van der Waals surface area contributed by atoms with Crippen LogP contribution in [0.25, 0.3) is 0 Å². The molecule has 0 bridgehead atoms. The van der Waals surface area contributed by atoms with E-state index in [4.69, 9.17) is 16.2 Å². The van der Waals surface area contributed by atoms with Crippen LogP contribution < -0.4 is 11.5 Å². The largest absolute Gasteiger partial charge is 0.373 e. The van der Waals surface area contributed by atoms with Crippen LogP contribution in [-0.2, 0) is 15.1 Å². The van der Waals surface area contributed by atoms with Crippen LogP contribution in [-0.4, -0.2) is 43.2 Å². The monoisotopic (exact) mass is 341 g/mol. The van der Waals surface area contributed by atoms with Crippen molar-refractivity contribution in [3.8, 4) is 0 Å². The van der Waals surface area contributed by atoms with Crippen LogP contribution in [0.15, 0.2) is 28.7 Å². The molecule has 20 heavy (non-hydrogen) atoms. The summed E-state index contributed by atoms with van der Waals surface area (Å²) in [4.78, 5) is 14.4. The normalized spacial score (nSPS) is 22.4. The molecule has 2 atom stereocenters. The standard InChI is InChI=1S/C14H20BrN3O2/c1-14(17,10-2-4-11(15)5-3-10)13(19)18-6-7-20-12(8-16)9-18/h2-5,12H,6-9,16-17H2,1H3. The minimum atomic E-state index is -1.04. The Bertz CT molecular complexity index is 476. The molecule has 1 heterocycles. The van der Waals surface area contributed by atoms with Gasteiger partial charge in [0.05, 0.1) is 12.7 Å². The Morgan fingerprint density at radius 1 is 1.50 bits per heavy atom. The highest BCUT2D eigenvalue weighted by atomic mass is 79.9. The molecule has 1 aromatic carbocycles. The Labute approximate surface area is 127 Å². The molecule has 4 N–H and O–H groups in total. The number of carbonyl (C=O) groups is 1. The second-order valence-corrected chi connectivity index (χ2v) is 6.10. The second-order valence-electron chi connectivity index (χ2n) is 5.19. The van der Waals surface area contributed by atoms with Gasteiger partial charge in [-0.2, -0.15) is 0 Å². The first-order valence-electron chi connectivity index (χ1n) is 6.61. The molecule has 5 nitrogen and oxygen atoms in total. The Hall–Kier alpha value is -0.950. The van der Waals surface area contributed by atoms with E-state index in [1.54, 1.807) is 11.8 Å². The van der Waals surface area contributed by atoms with Crippen molar-refractivity contribution >= 4 is 21.8 Å². The van der Waals surface area contributed by atoms with Gasteiger partial charge in [0, 0.05) is 24.1 Å². The Balaban J connectivity index is 2.16. The number of halogens is 1. The van der Waals surface area contributed by atoms with Crippen LogP contribution >= 0.6 is 15.9 Å². The summed E-state index contributed by atoms with van der Waals surface area (Å²) in [6.45, 7) is 3.70. The number of rotatable bonds is 3. The molecule has 1 aliphatic rings. The van der Waals surface area contributed by atoms with E-state index in [0.717, 1.165) is 10.0 Å². The maximum atomic E-state index is 12.7. The number of carbonyl (C=O) groups excluding carboxylic acids is 1. The molecule has 2 unspecified atom stereocenters. The van der Waals surface area contributed by atoms with Gasteiger partial charge in [-0.1, -0.05) is 28.1 Å². The number of nitrogens with zero attached hydrogens (tertiary/aromatic N) is 1. The van der Waals surface area contributed by atoms with Crippen molar-refractivity contribution in [2.45, 2.75) is 18.6 Å². The van der Waals surface area contributed by atoms with Crippen molar-refractivity contribution in [3.05, 3.63) is 34.3 Å². The highest BCUT2D eigenvalue weighted by Gasteiger charge is 2.36. The van der Waals surface area contributed by atoms with E-state index in [2.05, 4.69) is 15.9 Å². The zero-order chi connectivity index (χ0) is 14.8. The smallest absolute Gasteiger partial charge is 0.247 e. The summed E-state index contributed by atoms with van der Waals surface area (Å²) >= 11 is 3.38. The van der Waals surface area contributed by atoms with Crippen molar-refractivity contribution in [1.29, 1.82) is 0 Å². The lowest BCUT2D eigenvalue weighted by Gasteiger charge is -2.37. The van der Waals surface area contributed by atoms with Gasteiger partial charge in [0.15, 0.2) is 0 Å². The predicted molar refractivity (Wildman–Crippen MR) is 81.1 cm³/mol. The third-order valence-corrected chi connectivity index (χ3v) is 4.11. The number of benzene rings is 1. The zero-order valence-electron chi connectivity index (χ0n) is 11.5. The fraction of sp³-hybridized carbons (Fsp3) is 0.500. The maximum Gasteiger partial charge on any atom is 0.247 e. The van der Waals surface area contributed by atoms with E-state index in [1.165, 1.54) is 0 Å². The van der Waals surface area contributed by atoms with Gasteiger partial charge in [-0.15, -0.1) is 0 Å². The van der Waals surface area contributed by atoms with E-state index in [-0.39, 0.29) is 12.0 Å². The number of nitrogens with two attached hydrogens (primary N) is 2. The summed E-state index contributed by atoms with van der Waals surface area (Å²) in [5.74, 6) is -0.0958. The van der Waals surface area contributed by atoms with Gasteiger partial charge in [-0.3, -0.25) is 4.79 Å². The lowest BCUT2D eigenvalue weighted by Crippen LogP contribution is -2.56. The molecular weight excluding hydrogens is 322 g/mol. The molecule has 0 aromatic heterocycles. The highest BCUT2D eigenvalue weighted by molar-refractivity contribution is 9.10. The minimum absolute atomic E-state index is 0.0958. The molecule has 1 saturated heterocycles. The van der Waals surface area contributed by atoms with E-state index >= 15 is 0 Å². The van der Waals surface area contributed by atoms with Gasteiger partial charge in [0.2, 0.25) is 5.91 Å². The molecule has 1 aliphatic heterocycles. The van der Waals surface area contributed by atoms with E-state index in [0.29, 0.717) is 26.2 Å². The molecule has 0 spiro atoms. The predicted octanol–water partition coefficient (Wildman–Crippen LogP) is 0.809. The van der Waals surface area contributed by atoms with Crippen molar-refractivity contribution in [2.75, 3.05) is 26.2 Å². The summed E-state index contributed by atoms with van der Waals surface area (Å²) in [7, 11) is 0. The van der Waals surface area contributed by atoms with Crippen LogP contribution in [0.4, 0.5) is 0 Å². The fourth-order valence-corrected chi connectivity index (χ4v) is 2.56. The van der Waals surface area contributed by atoms with Crippen LogP contribution in [0.2, 0.25) is 0 Å². The highest BCUT2D eigenvalue weighted by Crippen LogP contribution is 2.23. The van der Waals surface area contributed by atoms with Gasteiger partial charge in [0.1, 0.15) is 5.54 Å². The van der Waals surface area contributed by atoms with Crippen molar-refractivity contribution in [1.82, 2.24) is 4.90 Å². The van der Waals surface area contributed by atoms with Crippen molar-refractivity contribution in [3.63, 3.8) is 0 Å². The Morgan fingerprint density at radius 2 is 2.15 bits per heavy atom. The maximum absolute atomic E-state index is 12.7. The summed E-state index contributed by atoms with van der Waals surface area (Å²) in [6, 6.07) is 7.50. The quantitative estimate of drug-likeness (QED) is 0.852. The molecular formula is C14H20BrN3O2. The van der Waals surface area contributed by atoms with E-state index in [9.17, 15) is 4.79 Å². The number of hydrogen-bond acceptors (Lipinski definition) is 4. The number of ether oxygens (including phenoxy) is 1. The summed E-state index contributed by atoms with van der Waals surface area (Å²) in [5.41, 5.74) is 11.6. The molecule has 1 amide bonds. The summed E-state index contributed by atoms with van der Waals surface area (Å²) < 4.78 is 6.43. The fourth-order valence-electron chi connectivity index (χ4n) is 2.29. The summed E-state index contributed by atoms with van der Waals surface area (Å²) in [6.07, 6.45) is -0.103. The minimum Gasteiger partial charge on any atom is -0.373 e. The SMILES string of the molecule is CC(N)(C(=O)N1CCOC(CN)C1)c1ccc(Br)cc1. The average Bonchev–Trinajstić information content (AvgIpc) is 2.47. The molecule has 1 fully saturated rings. The average molecular weight is 342 g/mol. The summed E-state index contributed by atoms with van der Waals surface area (Å²) in [5, 5.41) is 0. The van der Waals surface area contributed by atoms with Crippen molar-refractivity contribution in [2.24, 2.45) is 11.5 Å². The third kappa shape index (κ3) is 3.20. The zero-order valence-corrected chi connectivity index (χ0v) is 13.1. The molecule has 0 saturated carbocycles. The topological polar surface area (TPSA) is 81.6 Å². The van der Waals surface area contributed by atoms with E-state index < -0.39 is 5.54 Å². The molecule has 0 radical (unpaired) electrons. The van der Waals surface area contributed by atoms with Crippen LogP contribution in [0.5, 0.6) is 0 Å². The second kappa shape index (κ2) is 6.22. The first-order valence-corrected chi connectivity index (χ1v) is 7.40. The number of hydrogen-bond donors (Lipinski definition) is 2. The third-order valence-electron chi connectivity index (χ3n) is 3.58. The molecule has 1 aromatic rings. The lowest BCUT2D eigenvalue weighted by molar-refractivity contribution is -0.144. The first kappa shape index (κ1) is 15.4. The van der Waals surface area contributed by atoms with Crippen LogP contribution in [0.3, 0.4) is 0 Å². The number of amides is 1. The van der Waals surface area contributed by atoms with Crippen LogP contribution in [0.1, 0.15) is 12.5 Å². The first-order chi connectivity index (χ1) is 9.45. The molecule has 2 rings (SSSR count). The lowest BCUT2D eigenvalue weighted by atomic mass is 9.91. The van der Waals surface area contributed by atoms with Gasteiger partial charge >= 0.3 is 0 Å². The number of morpholine rings is 1. The molecule has 110 valence electrons. The van der Waals surface area contributed by atoms with E-state index in [1.807, 2.05) is 24.3 Å². The Kier molecular flexibility index (Phi) is 4.80. The van der Waals surface area contributed by atoms with Crippen LogP contribution in [0, 0.1) is 0 Å². The van der Waals surface area contributed by atoms with Gasteiger partial charge in [-0.25, -0.2) is 0 Å². The van der Waals surface area contributed by atoms with Gasteiger partial charge in [-0.05, 0) is 24.6 Å².